The molecule has 0 unspecified atom stereocenters. The largest absolute Gasteiger partial charge is 0.378 e. The third-order valence-electron chi connectivity index (χ3n) is 3.71. The topological polar surface area (TPSA) is 63.0 Å². The number of aromatic nitrogens is 3. The number of aliphatic hydroxyl groups is 1. The van der Waals surface area contributed by atoms with Crippen LogP contribution in [0.1, 0.15) is 43.8 Å². The molecule has 18 heavy (non-hydrogen) atoms. The Balaban J connectivity index is 1.82. The van der Waals surface area contributed by atoms with E-state index in [1.54, 1.807) is 0 Å². The highest BCUT2D eigenvalue weighted by atomic mass is 16.3. The summed E-state index contributed by atoms with van der Waals surface area (Å²) in [4.78, 5) is 0. The number of hydrogen-bond acceptors (Lipinski definition) is 4. The van der Waals surface area contributed by atoms with Crippen LogP contribution in [0.25, 0.3) is 0 Å². The zero-order valence-corrected chi connectivity index (χ0v) is 10.4. The molecule has 5 heteroatoms. The molecule has 5 nitrogen and oxygen atoms in total. The molecule has 0 spiro atoms. The van der Waals surface area contributed by atoms with Crippen molar-refractivity contribution >= 4 is 0 Å². The molecule has 1 fully saturated rings. The summed E-state index contributed by atoms with van der Waals surface area (Å²) in [5, 5.41) is 21.8. The van der Waals surface area contributed by atoms with Crippen LogP contribution in [0.3, 0.4) is 0 Å². The van der Waals surface area contributed by atoms with Crippen molar-refractivity contribution in [1.29, 1.82) is 0 Å². The second-order valence-electron chi connectivity index (χ2n) is 5.11. The lowest BCUT2D eigenvalue weighted by atomic mass is 9.85. The lowest BCUT2D eigenvalue weighted by Crippen LogP contribution is -2.30. The van der Waals surface area contributed by atoms with Crippen molar-refractivity contribution in [3.63, 3.8) is 0 Å². The Morgan fingerprint density at radius 1 is 1.22 bits per heavy atom. The number of fused-ring (bicyclic) bond motifs is 1. The third kappa shape index (κ3) is 2.26. The zero-order chi connectivity index (χ0) is 12.4. The van der Waals surface area contributed by atoms with E-state index in [4.69, 9.17) is 0 Å². The molecule has 3 rings (SSSR count). The van der Waals surface area contributed by atoms with Crippen LogP contribution >= 0.6 is 0 Å². The van der Waals surface area contributed by atoms with E-state index in [0.29, 0.717) is 5.82 Å². The molecule has 0 radical (unpaired) electrons. The maximum atomic E-state index is 10.3. The van der Waals surface area contributed by atoms with Crippen LogP contribution in [-0.4, -0.2) is 32.0 Å². The van der Waals surface area contributed by atoms with Crippen molar-refractivity contribution in [2.75, 3.05) is 6.54 Å². The van der Waals surface area contributed by atoms with Crippen LogP contribution < -0.4 is 5.32 Å². The molecule has 0 atom stereocenters. The summed E-state index contributed by atoms with van der Waals surface area (Å²) in [6.07, 6.45) is 4.89. The molecule has 1 saturated carbocycles. The molecule has 0 bridgehead atoms. The maximum absolute atomic E-state index is 10.3. The molecule has 1 aromatic rings. The molecular formula is C13H18N4O. The Kier molecular flexibility index (Phi) is 3.06. The molecule has 1 aliphatic heterocycles. The smallest absolute Gasteiger partial charge is 0.208 e. The zero-order valence-electron chi connectivity index (χ0n) is 10.4. The van der Waals surface area contributed by atoms with Gasteiger partial charge < -0.3 is 15.0 Å². The van der Waals surface area contributed by atoms with Crippen LogP contribution in [0.5, 0.6) is 0 Å². The number of hydrogen-bond donors (Lipinski definition) is 2. The van der Waals surface area contributed by atoms with Gasteiger partial charge in [-0.3, -0.25) is 0 Å². The quantitative estimate of drug-likeness (QED) is 0.652. The van der Waals surface area contributed by atoms with Crippen LogP contribution in [0.2, 0.25) is 0 Å². The second kappa shape index (κ2) is 4.71. The van der Waals surface area contributed by atoms with Gasteiger partial charge in [0, 0.05) is 13.1 Å². The number of nitrogens with one attached hydrogen (secondary N) is 1. The van der Waals surface area contributed by atoms with E-state index in [9.17, 15) is 5.11 Å². The van der Waals surface area contributed by atoms with E-state index in [1.807, 2.05) is 4.57 Å². The van der Waals surface area contributed by atoms with Gasteiger partial charge in [-0.05, 0) is 31.6 Å². The minimum absolute atomic E-state index is 0.686. The van der Waals surface area contributed by atoms with Crippen molar-refractivity contribution in [3.05, 3.63) is 11.6 Å². The fourth-order valence-corrected chi connectivity index (χ4v) is 2.62. The highest BCUT2D eigenvalue weighted by molar-refractivity contribution is 5.27. The molecule has 96 valence electrons. The van der Waals surface area contributed by atoms with Gasteiger partial charge in [0.15, 0.2) is 0 Å². The maximum Gasteiger partial charge on any atom is 0.208 e. The molecule has 1 aliphatic carbocycles. The van der Waals surface area contributed by atoms with E-state index in [-0.39, 0.29) is 0 Å². The average Bonchev–Trinajstić information content (AvgIpc) is 2.81. The highest BCUT2D eigenvalue weighted by Crippen LogP contribution is 2.27. The summed E-state index contributed by atoms with van der Waals surface area (Å²) in [5.41, 5.74) is -0.808. The van der Waals surface area contributed by atoms with Crippen molar-refractivity contribution in [1.82, 2.24) is 20.1 Å². The fourth-order valence-electron chi connectivity index (χ4n) is 2.62. The third-order valence-corrected chi connectivity index (χ3v) is 3.71. The molecule has 1 aromatic heterocycles. The lowest BCUT2D eigenvalue weighted by molar-refractivity contribution is 0.0610. The standard InChI is InChI=1S/C13H18N4O/c18-13(5-2-1-3-6-13)7-4-11-15-16-12-10-14-8-9-17(11)12/h14,18H,1-3,5-6,8-10H2. The Hall–Kier alpha value is -1.38. The Morgan fingerprint density at radius 2 is 2.06 bits per heavy atom. The van der Waals surface area contributed by atoms with Crippen LogP contribution in [0.15, 0.2) is 0 Å². The monoisotopic (exact) mass is 246 g/mol. The number of nitrogens with zero attached hydrogens (tertiary/aromatic N) is 3. The molecular weight excluding hydrogens is 228 g/mol. The first-order valence-corrected chi connectivity index (χ1v) is 6.65. The van der Waals surface area contributed by atoms with Gasteiger partial charge >= 0.3 is 0 Å². The van der Waals surface area contributed by atoms with Crippen LogP contribution in [0, 0.1) is 11.8 Å². The average molecular weight is 246 g/mol. The Labute approximate surface area is 107 Å². The lowest BCUT2D eigenvalue weighted by Gasteiger charge is -2.26. The first-order chi connectivity index (χ1) is 8.77. The van der Waals surface area contributed by atoms with Crippen molar-refractivity contribution < 1.29 is 5.11 Å². The summed E-state index contributed by atoms with van der Waals surface area (Å²) < 4.78 is 2.04. The van der Waals surface area contributed by atoms with E-state index in [1.165, 1.54) is 6.42 Å². The molecule has 0 amide bonds. The van der Waals surface area contributed by atoms with E-state index < -0.39 is 5.60 Å². The number of rotatable bonds is 0. The van der Waals surface area contributed by atoms with Gasteiger partial charge in [-0.2, -0.15) is 0 Å². The van der Waals surface area contributed by atoms with Gasteiger partial charge in [0.25, 0.3) is 0 Å². The minimum atomic E-state index is -0.808. The molecule has 2 aliphatic rings. The van der Waals surface area contributed by atoms with Gasteiger partial charge in [0.1, 0.15) is 11.4 Å². The fraction of sp³-hybridized carbons (Fsp3) is 0.692. The first-order valence-electron chi connectivity index (χ1n) is 6.65. The predicted molar refractivity (Wildman–Crippen MR) is 66.6 cm³/mol. The summed E-state index contributed by atoms with van der Waals surface area (Å²) in [6, 6.07) is 0. The van der Waals surface area contributed by atoms with Crippen LogP contribution in [0.4, 0.5) is 0 Å². The van der Waals surface area contributed by atoms with E-state index in [0.717, 1.165) is 51.1 Å². The molecule has 2 heterocycles. The SMILES string of the molecule is OC1(C#Cc2nnc3n2CCNC3)CCCCC1. The summed E-state index contributed by atoms with van der Waals surface area (Å²) >= 11 is 0. The predicted octanol–water partition coefficient (Wildman–Crippen LogP) is 0.428. The van der Waals surface area contributed by atoms with Crippen molar-refractivity contribution in [3.8, 4) is 11.8 Å². The van der Waals surface area contributed by atoms with Gasteiger partial charge in [0.2, 0.25) is 5.82 Å². The Morgan fingerprint density at radius 3 is 2.89 bits per heavy atom. The van der Waals surface area contributed by atoms with Crippen molar-refractivity contribution in [2.45, 2.75) is 50.8 Å². The highest BCUT2D eigenvalue weighted by Gasteiger charge is 2.26. The van der Waals surface area contributed by atoms with Gasteiger partial charge in [-0.25, -0.2) is 0 Å². The molecule has 2 N–H and O–H groups in total. The first kappa shape index (κ1) is 11.7. The van der Waals surface area contributed by atoms with Gasteiger partial charge in [-0.1, -0.05) is 12.3 Å². The Bertz CT molecular complexity index is 491. The molecule has 0 aromatic carbocycles. The second-order valence-corrected chi connectivity index (χ2v) is 5.11. The summed E-state index contributed by atoms with van der Waals surface area (Å²) in [6.45, 7) is 2.52. The normalized spacial score (nSPS) is 21.8. The van der Waals surface area contributed by atoms with Crippen molar-refractivity contribution in [2.24, 2.45) is 0 Å². The van der Waals surface area contributed by atoms with Crippen LogP contribution in [-0.2, 0) is 13.1 Å². The summed E-state index contributed by atoms with van der Waals surface area (Å²) in [7, 11) is 0. The summed E-state index contributed by atoms with van der Waals surface area (Å²) in [5.74, 6) is 7.65. The molecule has 0 saturated heterocycles. The van der Waals surface area contributed by atoms with Gasteiger partial charge in [0.05, 0.1) is 6.54 Å². The van der Waals surface area contributed by atoms with E-state index >= 15 is 0 Å². The minimum Gasteiger partial charge on any atom is -0.378 e. The van der Waals surface area contributed by atoms with E-state index in [2.05, 4.69) is 27.4 Å². The van der Waals surface area contributed by atoms with Gasteiger partial charge in [-0.15, -0.1) is 10.2 Å².